The van der Waals surface area contributed by atoms with Crippen molar-refractivity contribution >= 4 is 17.7 Å². The van der Waals surface area contributed by atoms with Gasteiger partial charge in [0.1, 0.15) is 0 Å². The molecule has 0 aromatic carbocycles. The van der Waals surface area contributed by atoms with Gasteiger partial charge in [0, 0.05) is 25.9 Å². The van der Waals surface area contributed by atoms with Crippen molar-refractivity contribution in [3.8, 4) is 0 Å². The van der Waals surface area contributed by atoms with Gasteiger partial charge in [-0.15, -0.1) is 0 Å². The molecule has 0 atom stereocenters. The number of guanidine groups is 1. The smallest absolute Gasteiger partial charge is 0.191 e. The fourth-order valence-electron chi connectivity index (χ4n) is 0.740. The lowest BCUT2D eigenvalue weighted by Crippen LogP contribution is -2.35. The van der Waals surface area contributed by atoms with Gasteiger partial charge in [-0.1, -0.05) is 13.8 Å². The minimum Gasteiger partial charge on any atom is -0.370 e. The number of nitrogens with zero attached hydrogens (tertiary/aromatic N) is 2. The maximum atomic E-state index is 5.77. The number of rotatable bonds is 5. The molecule has 0 aromatic rings. The summed E-state index contributed by atoms with van der Waals surface area (Å²) >= 11 is 1.82. The zero-order valence-electron chi connectivity index (χ0n) is 9.08. The van der Waals surface area contributed by atoms with Gasteiger partial charge < -0.3 is 10.6 Å². The number of aliphatic imine (C=N–C) groups is 1. The van der Waals surface area contributed by atoms with Crippen LogP contribution < -0.4 is 5.73 Å². The summed E-state index contributed by atoms with van der Waals surface area (Å²) in [7, 11) is 1.98. The predicted octanol–water partition coefficient (Wildman–Crippen LogP) is 1.25. The second kappa shape index (κ2) is 7.06. The summed E-state index contributed by atoms with van der Waals surface area (Å²) in [4.78, 5) is 6.29. The molecule has 0 aromatic heterocycles. The van der Waals surface area contributed by atoms with Gasteiger partial charge in [0.2, 0.25) is 0 Å². The van der Waals surface area contributed by atoms with Gasteiger partial charge >= 0.3 is 0 Å². The first-order chi connectivity index (χ1) is 6.07. The molecule has 0 spiro atoms. The zero-order chi connectivity index (χ0) is 10.3. The third kappa shape index (κ3) is 6.75. The maximum Gasteiger partial charge on any atom is 0.191 e. The van der Waals surface area contributed by atoms with Crippen LogP contribution in [0.5, 0.6) is 0 Å². The fraction of sp³-hybridized carbons (Fsp3) is 0.889. The Morgan fingerprint density at radius 2 is 2.15 bits per heavy atom. The van der Waals surface area contributed by atoms with Crippen LogP contribution in [0.4, 0.5) is 0 Å². The lowest BCUT2D eigenvalue weighted by atomic mass is 10.2. The van der Waals surface area contributed by atoms with Gasteiger partial charge in [-0.25, -0.2) is 0 Å². The minimum atomic E-state index is 0.576. The van der Waals surface area contributed by atoms with Gasteiger partial charge in [-0.3, -0.25) is 4.99 Å². The monoisotopic (exact) mass is 203 g/mol. The first-order valence-electron chi connectivity index (χ1n) is 4.58. The van der Waals surface area contributed by atoms with Crippen molar-refractivity contribution in [1.82, 2.24) is 4.90 Å². The number of hydrogen-bond acceptors (Lipinski definition) is 2. The van der Waals surface area contributed by atoms with Gasteiger partial charge in [-0.2, -0.15) is 11.8 Å². The molecule has 3 nitrogen and oxygen atoms in total. The Bertz CT molecular complexity index is 157. The standard InChI is InChI=1S/C9H21N3S/c1-8(2)7-11-9(10)12(3)5-6-13-4/h8H,5-7H2,1-4H3,(H2,10,11). The van der Waals surface area contributed by atoms with E-state index in [0.29, 0.717) is 11.9 Å². The molecule has 0 aliphatic heterocycles. The van der Waals surface area contributed by atoms with Crippen LogP contribution >= 0.6 is 11.8 Å². The molecule has 2 N–H and O–H groups in total. The average Bonchev–Trinajstić information content (AvgIpc) is 2.10. The molecule has 78 valence electrons. The average molecular weight is 203 g/mol. The molecule has 0 saturated heterocycles. The summed E-state index contributed by atoms with van der Waals surface area (Å²) in [5.74, 6) is 2.32. The molecule has 0 rings (SSSR count). The molecular weight excluding hydrogens is 182 g/mol. The van der Waals surface area contributed by atoms with Crippen molar-refractivity contribution in [3.05, 3.63) is 0 Å². The second-order valence-corrected chi connectivity index (χ2v) is 4.49. The highest BCUT2D eigenvalue weighted by Crippen LogP contribution is 1.95. The Morgan fingerprint density at radius 1 is 1.54 bits per heavy atom. The summed E-state index contributed by atoms with van der Waals surface area (Å²) in [6.07, 6.45) is 2.09. The Morgan fingerprint density at radius 3 is 2.62 bits per heavy atom. The van der Waals surface area contributed by atoms with Gasteiger partial charge in [0.25, 0.3) is 0 Å². The molecule has 0 heterocycles. The number of thioether (sulfide) groups is 1. The summed E-state index contributed by atoms with van der Waals surface area (Å²) < 4.78 is 0. The molecule has 0 bridgehead atoms. The van der Waals surface area contributed by atoms with Crippen molar-refractivity contribution in [2.45, 2.75) is 13.8 Å². The van der Waals surface area contributed by atoms with Crippen LogP contribution in [0, 0.1) is 5.92 Å². The van der Waals surface area contributed by atoms with E-state index < -0.39 is 0 Å². The predicted molar refractivity (Wildman–Crippen MR) is 62.3 cm³/mol. The van der Waals surface area contributed by atoms with Crippen molar-refractivity contribution in [2.75, 3.05) is 32.1 Å². The third-order valence-electron chi connectivity index (χ3n) is 1.64. The molecule has 0 aliphatic rings. The van der Waals surface area contributed by atoms with Crippen LogP contribution in [0.1, 0.15) is 13.8 Å². The Labute approximate surface area is 85.8 Å². The second-order valence-electron chi connectivity index (χ2n) is 3.51. The molecule has 0 radical (unpaired) electrons. The van der Waals surface area contributed by atoms with E-state index in [9.17, 15) is 0 Å². The van der Waals surface area contributed by atoms with Crippen LogP contribution in [0.25, 0.3) is 0 Å². The lowest BCUT2D eigenvalue weighted by Gasteiger charge is -2.17. The Hall–Kier alpha value is -0.380. The van der Waals surface area contributed by atoms with Gasteiger partial charge in [0.05, 0.1) is 0 Å². The highest BCUT2D eigenvalue weighted by molar-refractivity contribution is 7.98. The number of hydrogen-bond donors (Lipinski definition) is 1. The van der Waals surface area contributed by atoms with Gasteiger partial charge in [-0.05, 0) is 12.2 Å². The van der Waals surface area contributed by atoms with E-state index in [-0.39, 0.29) is 0 Å². The van der Waals surface area contributed by atoms with Crippen LogP contribution in [0.2, 0.25) is 0 Å². The SMILES string of the molecule is CSCCN(C)C(N)=NCC(C)C. The van der Waals surface area contributed by atoms with E-state index >= 15 is 0 Å². The Kier molecular flexibility index (Phi) is 6.86. The highest BCUT2D eigenvalue weighted by Gasteiger charge is 2.00. The van der Waals surface area contributed by atoms with Crippen LogP contribution in [0.3, 0.4) is 0 Å². The van der Waals surface area contributed by atoms with Crippen molar-refractivity contribution in [3.63, 3.8) is 0 Å². The molecule has 0 amide bonds. The van der Waals surface area contributed by atoms with Crippen LogP contribution in [-0.4, -0.2) is 43.0 Å². The number of nitrogens with two attached hydrogens (primary N) is 1. The summed E-state index contributed by atoms with van der Waals surface area (Å²) in [6, 6.07) is 0. The summed E-state index contributed by atoms with van der Waals surface area (Å²) in [5.41, 5.74) is 5.77. The van der Waals surface area contributed by atoms with Crippen molar-refractivity contribution in [1.29, 1.82) is 0 Å². The third-order valence-corrected chi connectivity index (χ3v) is 2.23. The molecule has 0 fully saturated rings. The van der Waals surface area contributed by atoms with E-state index in [2.05, 4.69) is 25.1 Å². The van der Waals surface area contributed by atoms with Crippen LogP contribution in [0.15, 0.2) is 4.99 Å². The van der Waals surface area contributed by atoms with Gasteiger partial charge in [0.15, 0.2) is 5.96 Å². The van der Waals surface area contributed by atoms with E-state index in [1.807, 2.05) is 23.7 Å². The molecule has 0 unspecified atom stereocenters. The zero-order valence-corrected chi connectivity index (χ0v) is 9.90. The normalized spacial score (nSPS) is 12.2. The highest BCUT2D eigenvalue weighted by atomic mass is 32.2. The van der Waals surface area contributed by atoms with E-state index in [0.717, 1.165) is 18.8 Å². The fourth-order valence-corrected chi connectivity index (χ4v) is 1.20. The van der Waals surface area contributed by atoms with E-state index in [1.165, 1.54) is 0 Å². The van der Waals surface area contributed by atoms with E-state index in [4.69, 9.17) is 5.73 Å². The minimum absolute atomic E-state index is 0.576. The molecule has 0 saturated carbocycles. The lowest BCUT2D eigenvalue weighted by molar-refractivity contribution is 0.525. The molecule has 13 heavy (non-hydrogen) atoms. The van der Waals surface area contributed by atoms with Crippen molar-refractivity contribution < 1.29 is 0 Å². The first-order valence-corrected chi connectivity index (χ1v) is 5.97. The van der Waals surface area contributed by atoms with Crippen molar-refractivity contribution in [2.24, 2.45) is 16.6 Å². The summed E-state index contributed by atoms with van der Waals surface area (Å²) in [5, 5.41) is 0. The van der Waals surface area contributed by atoms with E-state index in [1.54, 1.807) is 0 Å². The van der Waals surface area contributed by atoms with Crippen LogP contribution in [-0.2, 0) is 0 Å². The molecule has 4 heteroatoms. The quantitative estimate of drug-likeness (QED) is 0.540. The molecular formula is C9H21N3S. The maximum absolute atomic E-state index is 5.77. The summed E-state index contributed by atoms with van der Waals surface area (Å²) in [6.45, 7) is 6.06. The Balaban J connectivity index is 3.79. The first kappa shape index (κ1) is 12.6. The molecule has 0 aliphatic carbocycles. The largest absolute Gasteiger partial charge is 0.370 e. The topological polar surface area (TPSA) is 41.6 Å².